The van der Waals surface area contributed by atoms with Gasteiger partial charge in [0, 0.05) is 25.0 Å². The summed E-state index contributed by atoms with van der Waals surface area (Å²) in [6, 6.07) is 2.19. The van der Waals surface area contributed by atoms with Gasteiger partial charge in [-0.25, -0.2) is 0 Å². The fourth-order valence-corrected chi connectivity index (χ4v) is 3.28. The number of nitrogens with zero attached hydrogens (tertiary/aromatic N) is 1. The van der Waals surface area contributed by atoms with E-state index in [1.165, 1.54) is 6.42 Å². The molecule has 0 spiro atoms. The van der Waals surface area contributed by atoms with E-state index in [2.05, 4.69) is 29.5 Å². The standard InChI is InChI=1S/C16H25N3O/c1-10-5-11(2)7-13(6-10)19-16(20)14-9-18-12(3)8-15(14)17-4/h8-11,13H,5-7H2,1-4H3,(H,17,18)(H,19,20). The average Bonchev–Trinajstić information content (AvgIpc) is 2.37. The second-order valence-corrected chi connectivity index (χ2v) is 6.21. The molecule has 2 atom stereocenters. The molecule has 1 fully saturated rings. The first-order chi connectivity index (χ1) is 9.49. The smallest absolute Gasteiger partial charge is 0.255 e. The molecule has 1 aliphatic carbocycles. The molecule has 0 saturated heterocycles. The molecule has 1 aromatic heterocycles. The average molecular weight is 275 g/mol. The lowest BCUT2D eigenvalue weighted by Crippen LogP contribution is -2.40. The van der Waals surface area contributed by atoms with Crippen LogP contribution in [0.3, 0.4) is 0 Å². The van der Waals surface area contributed by atoms with Crippen LogP contribution in [-0.4, -0.2) is 24.0 Å². The SMILES string of the molecule is CNc1cc(C)ncc1C(=O)NC1CC(C)CC(C)C1. The van der Waals surface area contributed by atoms with Crippen molar-refractivity contribution in [1.29, 1.82) is 0 Å². The van der Waals surface area contributed by atoms with Crippen molar-refractivity contribution in [3.05, 3.63) is 23.5 Å². The van der Waals surface area contributed by atoms with E-state index in [1.54, 1.807) is 6.20 Å². The first-order valence-electron chi connectivity index (χ1n) is 7.44. The zero-order chi connectivity index (χ0) is 14.7. The molecule has 20 heavy (non-hydrogen) atoms. The van der Waals surface area contributed by atoms with Gasteiger partial charge in [0.25, 0.3) is 5.91 Å². The van der Waals surface area contributed by atoms with Crippen molar-refractivity contribution in [2.24, 2.45) is 11.8 Å². The molecular weight excluding hydrogens is 250 g/mol. The van der Waals surface area contributed by atoms with Crippen LogP contribution in [0.5, 0.6) is 0 Å². The lowest BCUT2D eigenvalue weighted by atomic mass is 9.80. The van der Waals surface area contributed by atoms with E-state index in [0.29, 0.717) is 17.4 Å². The number of hydrogen-bond acceptors (Lipinski definition) is 3. The van der Waals surface area contributed by atoms with Crippen LogP contribution in [0.2, 0.25) is 0 Å². The maximum absolute atomic E-state index is 12.4. The van der Waals surface area contributed by atoms with Crippen LogP contribution < -0.4 is 10.6 Å². The number of aromatic nitrogens is 1. The summed E-state index contributed by atoms with van der Waals surface area (Å²) in [6.45, 7) is 6.45. The van der Waals surface area contributed by atoms with Gasteiger partial charge in [0.05, 0.1) is 11.3 Å². The molecule has 1 aromatic rings. The number of pyridine rings is 1. The summed E-state index contributed by atoms with van der Waals surface area (Å²) < 4.78 is 0. The van der Waals surface area contributed by atoms with Crippen molar-refractivity contribution in [3.63, 3.8) is 0 Å². The minimum absolute atomic E-state index is 0.0202. The Balaban J connectivity index is 2.08. The first kappa shape index (κ1) is 14.8. The molecule has 2 N–H and O–H groups in total. The Hall–Kier alpha value is -1.58. The Morgan fingerprint density at radius 3 is 2.50 bits per heavy atom. The van der Waals surface area contributed by atoms with Gasteiger partial charge < -0.3 is 10.6 Å². The number of anilines is 1. The molecule has 0 bridgehead atoms. The van der Waals surface area contributed by atoms with Gasteiger partial charge in [-0.3, -0.25) is 9.78 Å². The third-order valence-corrected chi connectivity index (χ3v) is 4.07. The Morgan fingerprint density at radius 1 is 1.25 bits per heavy atom. The summed E-state index contributed by atoms with van der Waals surface area (Å²) in [5.41, 5.74) is 2.38. The third kappa shape index (κ3) is 3.50. The lowest BCUT2D eigenvalue weighted by Gasteiger charge is -2.32. The van der Waals surface area contributed by atoms with Crippen molar-refractivity contribution in [1.82, 2.24) is 10.3 Å². The maximum atomic E-state index is 12.4. The van der Waals surface area contributed by atoms with Crippen molar-refractivity contribution in [2.75, 3.05) is 12.4 Å². The van der Waals surface area contributed by atoms with Crippen LogP contribution in [0.25, 0.3) is 0 Å². The summed E-state index contributed by atoms with van der Waals surface area (Å²) in [5.74, 6) is 1.35. The molecule has 2 unspecified atom stereocenters. The van der Waals surface area contributed by atoms with E-state index in [9.17, 15) is 4.79 Å². The van der Waals surface area contributed by atoms with E-state index in [-0.39, 0.29) is 11.9 Å². The number of aryl methyl sites for hydroxylation is 1. The van der Waals surface area contributed by atoms with Gasteiger partial charge in [-0.15, -0.1) is 0 Å². The Morgan fingerprint density at radius 2 is 1.90 bits per heavy atom. The number of rotatable bonds is 3. The molecule has 1 heterocycles. The Labute approximate surface area is 121 Å². The van der Waals surface area contributed by atoms with Gasteiger partial charge in [-0.1, -0.05) is 13.8 Å². The van der Waals surface area contributed by atoms with Crippen molar-refractivity contribution in [3.8, 4) is 0 Å². The summed E-state index contributed by atoms with van der Waals surface area (Å²) in [6.07, 6.45) is 5.07. The molecule has 0 radical (unpaired) electrons. The quantitative estimate of drug-likeness (QED) is 0.891. The maximum Gasteiger partial charge on any atom is 0.255 e. The molecule has 110 valence electrons. The van der Waals surface area contributed by atoms with Crippen LogP contribution in [0.1, 0.15) is 49.2 Å². The summed E-state index contributed by atoms with van der Waals surface area (Å²) in [4.78, 5) is 16.7. The molecule has 4 heteroatoms. The molecule has 1 amide bonds. The Kier molecular flexibility index (Phi) is 4.63. The van der Waals surface area contributed by atoms with E-state index in [1.807, 2.05) is 20.0 Å². The highest BCUT2D eigenvalue weighted by molar-refractivity contribution is 5.99. The normalized spacial score (nSPS) is 26.1. The van der Waals surface area contributed by atoms with E-state index in [4.69, 9.17) is 0 Å². The number of amides is 1. The van der Waals surface area contributed by atoms with Gasteiger partial charge in [0.1, 0.15) is 0 Å². The van der Waals surface area contributed by atoms with Crippen molar-refractivity contribution in [2.45, 2.75) is 46.1 Å². The zero-order valence-corrected chi connectivity index (χ0v) is 12.9. The van der Waals surface area contributed by atoms with Crippen LogP contribution in [-0.2, 0) is 0 Å². The number of carbonyl (C=O) groups excluding carboxylic acids is 1. The largest absolute Gasteiger partial charge is 0.387 e. The molecule has 4 nitrogen and oxygen atoms in total. The molecule has 0 aliphatic heterocycles. The fraction of sp³-hybridized carbons (Fsp3) is 0.625. The number of nitrogens with one attached hydrogen (secondary N) is 2. The second-order valence-electron chi connectivity index (χ2n) is 6.21. The van der Waals surface area contributed by atoms with Crippen LogP contribution in [0.15, 0.2) is 12.3 Å². The monoisotopic (exact) mass is 275 g/mol. The van der Waals surface area contributed by atoms with Crippen molar-refractivity contribution >= 4 is 11.6 Å². The molecule has 1 saturated carbocycles. The predicted octanol–water partition coefficient (Wildman–Crippen LogP) is 2.99. The van der Waals surface area contributed by atoms with Gasteiger partial charge in [-0.05, 0) is 44.1 Å². The van der Waals surface area contributed by atoms with Gasteiger partial charge in [0.15, 0.2) is 0 Å². The summed E-state index contributed by atoms with van der Waals surface area (Å²) in [7, 11) is 1.83. The lowest BCUT2D eigenvalue weighted by molar-refractivity contribution is 0.0911. The first-order valence-corrected chi connectivity index (χ1v) is 7.44. The van der Waals surface area contributed by atoms with Crippen molar-refractivity contribution < 1.29 is 4.79 Å². The highest BCUT2D eigenvalue weighted by Crippen LogP contribution is 2.28. The van der Waals surface area contributed by atoms with Crippen LogP contribution in [0.4, 0.5) is 5.69 Å². The predicted molar refractivity (Wildman–Crippen MR) is 82.0 cm³/mol. The zero-order valence-electron chi connectivity index (χ0n) is 12.9. The second kappa shape index (κ2) is 6.25. The van der Waals surface area contributed by atoms with Crippen LogP contribution >= 0.6 is 0 Å². The minimum atomic E-state index is -0.0202. The van der Waals surface area contributed by atoms with Gasteiger partial charge >= 0.3 is 0 Å². The minimum Gasteiger partial charge on any atom is -0.387 e. The van der Waals surface area contributed by atoms with E-state index >= 15 is 0 Å². The summed E-state index contributed by atoms with van der Waals surface area (Å²) in [5, 5.41) is 6.24. The number of hydrogen-bond donors (Lipinski definition) is 2. The van der Waals surface area contributed by atoms with E-state index in [0.717, 1.165) is 24.2 Å². The molecular formula is C16H25N3O. The Bertz CT molecular complexity index is 477. The highest BCUT2D eigenvalue weighted by Gasteiger charge is 2.26. The topological polar surface area (TPSA) is 54.0 Å². The fourth-order valence-electron chi connectivity index (χ4n) is 3.28. The van der Waals surface area contributed by atoms with Gasteiger partial charge in [0.2, 0.25) is 0 Å². The highest BCUT2D eigenvalue weighted by atomic mass is 16.1. The molecule has 2 rings (SSSR count). The van der Waals surface area contributed by atoms with E-state index < -0.39 is 0 Å². The van der Waals surface area contributed by atoms with Crippen LogP contribution in [0, 0.1) is 18.8 Å². The number of carbonyl (C=O) groups is 1. The summed E-state index contributed by atoms with van der Waals surface area (Å²) >= 11 is 0. The van der Waals surface area contributed by atoms with Gasteiger partial charge in [-0.2, -0.15) is 0 Å². The third-order valence-electron chi connectivity index (χ3n) is 4.07. The molecule has 1 aliphatic rings. The molecule has 0 aromatic carbocycles.